The molecule has 0 saturated carbocycles. The van der Waals surface area contributed by atoms with Gasteiger partial charge in [0.15, 0.2) is 0 Å². The van der Waals surface area contributed by atoms with Crippen LogP contribution in [-0.2, 0) is 17.8 Å². The van der Waals surface area contributed by atoms with Gasteiger partial charge in [0, 0.05) is 50.4 Å². The molecule has 3 aromatic rings. The normalized spacial score (nSPS) is 15.0. The zero-order chi connectivity index (χ0) is 22.0. The molecule has 0 aliphatic carbocycles. The Hall–Kier alpha value is -2.70. The van der Waals surface area contributed by atoms with E-state index >= 15 is 0 Å². The highest BCUT2D eigenvalue weighted by atomic mass is 19.1. The minimum Gasteiger partial charge on any atom is -0.383 e. The van der Waals surface area contributed by atoms with E-state index in [0.29, 0.717) is 31.8 Å². The smallest absolute Gasteiger partial charge is 0.256 e. The molecule has 1 saturated heterocycles. The molecule has 0 atom stereocenters. The largest absolute Gasteiger partial charge is 0.383 e. The number of para-hydroxylation sites is 1. The number of carbonyl (C=O) groups is 1. The van der Waals surface area contributed by atoms with E-state index in [1.165, 1.54) is 0 Å². The van der Waals surface area contributed by atoms with E-state index in [4.69, 9.17) is 10.5 Å². The van der Waals surface area contributed by atoms with Crippen molar-refractivity contribution in [1.82, 2.24) is 9.47 Å². The number of aryl methyl sites for hydroxylation is 1. The molecular formula is C25H30FN3O2. The lowest BCUT2D eigenvalue weighted by Gasteiger charge is -2.32. The fourth-order valence-electron chi connectivity index (χ4n) is 4.72. The molecule has 0 unspecified atom stereocenters. The van der Waals surface area contributed by atoms with Crippen LogP contribution < -0.4 is 5.73 Å². The van der Waals surface area contributed by atoms with E-state index in [9.17, 15) is 9.18 Å². The molecule has 1 amide bonds. The van der Waals surface area contributed by atoms with E-state index in [1.54, 1.807) is 13.2 Å². The molecule has 2 heterocycles. The van der Waals surface area contributed by atoms with Gasteiger partial charge in [-0.2, -0.15) is 0 Å². The summed E-state index contributed by atoms with van der Waals surface area (Å²) in [4.78, 5) is 15.3. The predicted octanol–water partition coefficient (Wildman–Crippen LogP) is 4.21. The number of nitrogens with zero attached hydrogens (tertiary/aromatic N) is 2. The third-order valence-electron chi connectivity index (χ3n) is 6.42. The summed E-state index contributed by atoms with van der Waals surface area (Å²) in [5, 5.41) is 0.977. The summed E-state index contributed by atoms with van der Waals surface area (Å²) >= 11 is 0. The molecule has 1 aliphatic heterocycles. The first-order chi connectivity index (χ1) is 15.0. The summed E-state index contributed by atoms with van der Waals surface area (Å²) in [7, 11) is 1.68. The van der Waals surface area contributed by atoms with Crippen molar-refractivity contribution in [3.63, 3.8) is 0 Å². The number of likely N-dealkylation sites (tertiary alicyclic amines) is 1. The van der Waals surface area contributed by atoms with Gasteiger partial charge in [0.05, 0.1) is 17.7 Å². The van der Waals surface area contributed by atoms with Gasteiger partial charge in [0.1, 0.15) is 5.82 Å². The van der Waals surface area contributed by atoms with E-state index < -0.39 is 0 Å². The molecule has 1 fully saturated rings. The number of benzene rings is 2. The maximum Gasteiger partial charge on any atom is 0.256 e. The SMILES string of the molecule is COCCn1cc(C(=O)N2CCC(c3cccc(CN)c3F)CC2)c2cccc(C)c21. The number of halogens is 1. The standard InChI is InChI=1S/C25H30FN3O2/c1-17-5-3-8-21-22(16-29(24(17)21)13-14-31-2)25(30)28-11-9-18(10-12-28)20-7-4-6-19(15-27)23(20)26/h3-8,16,18H,9-15,27H2,1-2H3. The molecule has 1 aromatic heterocycles. The molecular weight excluding hydrogens is 393 g/mol. The van der Waals surface area contributed by atoms with Crippen molar-refractivity contribution < 1.29 is 13.9 Å². The Balaban J connectivity index is 1.54. The van der Waals surface area contributed by atoms with Crippen LogP contribution in [0, 0.1) is 12.7 Å². The van der Waals surface area contributed by atoms with Crippen molar-refractivity contribution in [3.8, 4) is 0 Å². The number of hydrogen-bond donors (Lipinski definition) is 1. The van der Waals surface area contributed by atoms with E-state index in [-0.39, 0.29) is 24.2 Å². The molecule has 31 heavy (non-hydrogen) atoms. The fourth-order valence-corrected chi connectivity index (χ4v) is 4.72. The number of hydrogen-bond acceptors (Lipinski definition) is 3. The third kappa shape index (κ3) is 4.10. The van der Waals surface area contributed by atoms with Crippen molar-refractivity contribution in [1.29, 1.82) is 0 Å². The minimum atomic E-state index is -0.188. The van der Waals surface area contributed by atoms with Crippen molar-refractivity contribution in [2.24, 2.45) is 5.73 Å². The number of aromatic nitrogens is 1. The monoisotopic (exact) mass is 423 g/mol. The number of ether oxygens (including phenoxy) is 1. The highest BCUT2D eigenvalue weighted by Crippen LogP contribution is 2.33. The lowest BCUT2D eigenvalue weighted by molar-refractivity contribution is 0.0714. The summed E-state index contributed by atoms with van der Waals surface area (Å²) in [6, 6.07) is 11.5. The van der Waals surface area contributed by atoms with Gasteiger partial charge < -0.3 is 19.9 Å². The van der Waals surface area contributed by atoms with Gasteiger partial charge in [-0.3, -0.25) is 4.79 Å². The second-order valence-electron chi connectivity index (χ2n) is 8.29. The number of piperidine rings is 1. The van der Waals surface area contributed by atoms with Crippen LogP contribution in [0.2, 0.25) is 0 Å². The molecule has 0 spiro atoms. The predicted molar refractivity (Wildman–Crippen MR) is 121 cm³/mol. The summed E-state index contributed by atoms with van der Waals surface area (Å²) < 4.78 is 22.1. The van der Waals surface area contributed by atoms with Crippen molar-refractivity contribution >= 4 is 16.8 Å². The summed E-state index contributed by atoms with van der Waals surface area (Å²) in [5.74, 6) is -0.0336. The number of nitrogens with two attached hydrogens (primary N) is 1. The molecule has 1 aliphatic rings. The topological polar surface area (TPSA) is 60.5 Å². The molecule has 5 nitrogen and oxygen atoms in total. The first kappa shape index (κ1) is 21.5. The Morgan fingerprint density at radius 3 is 2.65 bits per heavy atom. The number of fused-ring (bicyclic) bond motifs is 1. The second kappa shape index (κ2) is 9.20. The van der Waals surface area contributed by atoms with Crippen LogP contribution in [0.25, 0.3) is 10.9 Å². The molecule has 2 aromatic carbocycles. The highest BCUT2D eigenvalue weighted by Gasteiger charge is 2.28. The number of carbonyl (C=O) groups excluding carboxylic acids is 1. The first-order valence-electron chi connectivity index (χ1n) is 10.9. The number of amides is 1. The third-order valence-corrected chi connectivity index (χ3v) is 6.42. The van der Waals surface area contributed by atoms with Gasteiger partial charge in [-0.15, -0.1) is 0 Å². The average Bonchev–Trinajstić information content (AvgIpc) is 3.17. The molecule has 0 radical (unpaired) electrons. The van der Waals surface area contributed by atoms with Crippen molar-refractivity contribution in [3.05, 3.63) is 70.7 Å². The molecule has 0 bridgehead atoms. The number of rotatable bonds is 6. The van der Waals surface area contributed by atoms with Crippen LogP contribution >= 0.6 is 0 Å². The van der Waals surface area contributed by atoms with Crippen molar-refractivity contribution in [2.45, 2.75) is 38.8 Å². The van der Waals surface area contributed by atoms with E-state index in [0.717, 1.165) is 40.4 Å². The summed E-state index contributed by atoms with van der Waals surface area (Å²) in [6.07, 6.45) is 3.45. The van der Waals surface area contributed by atoms with Crippen LogP contribution in [0.15, 0.2) is 42.6 Å². The maximum absolute atomic E-state index is 14.7. The molecule has 4 rings (SSSR count). The fraction of sp³-hybridized carbons (Fsp3) is 0.400. The van der Waals surface area contributed by atoms with Gasteiger partial charge >= 0.3 is 0 Å². The first-order valence-corrected chi connectivity index (χ1v) is 10.9. The summed E-state index contributed by atoms with van der Waals surface area (Å²) in [5.41, 5.74) is 9.88. The van der Waals surface area contributed by atoms with Crippen LogP contribution in [0.3, 0.4) is 0 Å². The second-order valence-corrected chi connectivity index (χ2v) is 8.29. The summed E-state index contributed by atoms with van der Waals surface area (Å²) in [6.45, 7) is 4.78. The van der Waals surface area contributed by atoms with Crippen LogP contribution in [0.5, 0.6) is 0 Å². The molecule has 6 heteroatoms. The Labute approximate surface area is 182 Å². The van der Waals surface area contributed by atoms with Crippen LogP contribution in [0.1, 0.15) is 45.8 Å². The van der Waals surface area contributed by atoms with Gasteiger partial charge in [0.25, 0.3) is 5.91 Å². The Bertz CT molecular complexity index is 1080. The Morgan fingerprint density at radius 1 is 1.19 bits per heavy atom. The van der Waals surface area contributed by atoms with Crippen molar-refractivity contribution in [2.75, 3.05) is 26.8 Å². The lowest BCUT2D eigenvalue weighted by atomic mass is 9.88. The van der Waals surface area contributed by atoms with Gasteiger partial charge in [-0.1, -0.05) is 36.4 Å². The van der Waals surface area contributed by atoms with E-state index in [2.05, 4.69) is 17.6 Å². The molecule has 2 N–H and O–H groups in total. The van der Waals surface area contributed by atoms with Gasteiger partial charge in [-0.25, -0.2) is 4.39 Å². The molecule has 164 valence electrons. The lowest BCUT2D eigenvalue weighted by Crippen LogP contribution is -2.38. The van der Waals surface area contributed by atoms with Gasteiger partial charge in [0.2, 0.25) is 0 Å². The Kier molecular flexibility index (Phi) is 6.39. The van der Waals surface area contributed by atoms with Gasteiger partial charge in [-0.05, 0) is 36.8 Å². The van der Waals surface area contributed by atoms with Crippen LogP contribution in [-0.4, -0.2) is 42.2 Å². The zero-order valence-electron chi connectivity index (χ0n) is 18.2. The minimum absolute atomic E-state index is 0.0430. The number of methoxy groups -OCH3 is 1. The highest BCUT2D eigenvalue weighted by molar-refractivity contribution is 6.07. The quantitative estimate of drug-likeness (QED) is 0.646. The zero-order valence-corrected chi connectivity index (χ0v) is 18.2. The Morgan fingerprint density at radius 2 is 1.94 bits per heavy atom. The van der Waals surface area contributed by atoms with E-state index in [1.807, 2.05) is 35.4 Å². The van der Waals surface area contributed by atoms with Crippen LogP contribution in [0.4, 0.5) is 4.39 Å². The average molecular weight is 424 g/mol. The maximum atomic E-state index is 14.7.